The SMILES string of the molecule is O=C(CCl)Cc1cc(Br)cc(OC(F)F)c1. The molecule has 0 amide bonds. The Bertz CT molecular complexity index is 385. The molecule has 0 aliphatic carbocycles. The van der Waals surface area contributed by atoms with E-state index in [2.05, 4.69) is 20.7 Å². The molecule has 0 atom stereocenters. The summed E-state index contributed by atoms with van der Waals surface area (Å²) in [7, 11) is 0. The Labute approximate surface area is 105 Å². The van der Waals surface area contributed by atoms with Gasteiger partial charge < -0.3 is 4.74 Å². The predicted molar refractivity (Wildman–Crippen MR) is 60.2 cm³/mol. The zero-order chi connectivity index (χ0) is 12.1. The summed E-state index contributed by atoms with van der Waals surface area (Å²) in [6.07, 6.45) is 0.0997. The lowest BCUT2D eigenvalue weighted by Crippen LogP contribution is -2.06. The van der Waals surface area contributed by atoms with Crippen LogP contribution in [0.1, 0.15) is 5.56 Å². The fourth-order valence-corrected chi connectivity index (χ4v) is 1.78. The van der Waals surface area contributed by atoms with Gasteiger partial charge in [-0.2, -0.15) is 8.78 Å². The van der Waals surface area contributed by atoms with Gasteiger partial charge in [0.15, 0.2) is 5.78 Å². The first-order valence-electron chi connectivity index (χ1n) is 4.33. The number of Topliss-reactive ketones (excluding diaryl/α,β-unsaturated/α-hetero) is 1. The Balaban J connectivity index is 2.85. The van der Waals surface area contributed by atoms with Gasteiger partial charge in [0.2, 0.25) is 0 Å². The summed E-state index contributed by atoms with van der Waals surface area (Å²) in [5, 5.41) is 0. The second-order valence-corrected chi connectivity index (χ2v) is 4.21. The van der Waals surface area contributed by atoms with Crippen molar-refractivity contribution in [3.8, 4) is 5.75 Å². The van der Waals surface area contributed by atoms with Crippen LogP contribution < -0.4 is 4.74 Å². The molecule has 2 nitrogen and oxygen atoms in total. The van der Waals surface area contributed by atoms with E-state index in [0.29, 0.717) is 10.0 Å². The highest BCUT2D eigenvalue weighted by Gasteiger charge is 2.08. The average Bonchev–Trinajstić information content (AvgIpc) is 2.15. The van der Waals surface area contributed by atoms with E-state index in [1.165, 1.54) is 12.1 Å². The van der Waals surface area contributed by atoms with Crippen molar-refractivity contribution < 1.29 is 18.3 Å². The molecule has 88 valence electrons. The summed E-state index contributed by atoms with van der Waals surface area (Å²) in [5.74, 6) is -0.262. The molecule has 1 aromatic rings. The number of ketones is 1. The first kappa shape index (κ1) is 13.4. The second-order valence-electron chi connectivity index (χ2n) is 3.02. The molecule has 0 aliphatic heterocycles. The number of ether oxygens (including phenoxy) is 1. The van der Waals surface area contributed by atoms with Crippen LogP contribution in [0.15, 0.2) is 22.7 Å². The molecule has 0 saturated heterocycles. The van der Waals surface area contributed by atoms with Gasteiger partial charge in [-0.25, -0.2) is 0 Å². The third-order valence-corrected chi connectivity index (χ3v) is 2.46. The van der Waals surface area contributed by atoms with Crippen LogP contribution in [0.4, 0.5) is 8.78 Å². The van der Waals surface area contributed by atoms with Crippen LogP contribution in [-0.4, -0.2) is 18.3 Å². The fourth-order valence-electron chi connectivity index (χ4n) is 1.17. The molecule has 0 radical (unpaired) electrons. The van der Waals surface area contributed by atoms with Crippen molar-refractivity contribution >= 4 is 33.3 Å². The minimum Gasteiger partial charge on any atom is -0.435 e. The van der Waals surface area contributed by atoms with E-state index in [4.69, 9.17) is 11.6 Å². The van der Waals surface area contributed by atoms with Gasteiger partial charge in [0.1, 0.15) is 5.75 Å². The smallest absolute Gasteiger partial charge is 0.387 e. The Morgan fingerprint density at radius 2 is 2.12 bits per heavy atom. The Morgan fingerprint density at radius 1 is 1.44 bits per heavy atom. The van der Waals surface area contributed by atoms with E-state index in [0.717, 1.165) is 0 Å². The predicted octanol–water partition coefficient (Wildman–Crippen LogP) is 3.40. The molecule has 0 fully saturated rings. The van der Waals surface area contributed by atoms with Crippen LogP contribution in [0.5, 0.6) is 5.75 Å². The fraction of sp³-hybridized carbons (Fsp3) is 0.300. The number of halogens is 4. The molecular formula is C10H8BrClF2O2. The second kappa shape index (κ2) is 6.15. The molecule has 0 aromatic heterocycles. The summed E-state index contributed by atoms with van der Waals surface area (Å²) in [5.41, 5.74) is 0.579. The van der Waals surface area contributed by atoms with Crippen LogP contribution in [-0.2, 0) is 11.2 Å². The summed E-state index contributed by atoms with van der Waals surface area (Å²) < 4.78 is 28.8. The topological polar surface area (TPSA) is 26.3 Å². The first-order valence-corrected chi connectivity index (χ1v) is 5.66. The highest BCUT2D eigenvalue weighted by molar-refractivity contribution is 9.10. The zero-order valence-corrected chi connectivity index (χ0v) is 10.4. The van der Waals surface area contributed by atoms with Crippen molar-refractivity contribution in [1.82, 2.24) is 0 Å². The maximum Gasteiger partial charge on any atom is 0.387 e. The summed E-state index contributed by atoms with van der Waals surface area (Å²) in [6.45, 7) is -2.88. The molecule has 0 bridgehead atoms. The van der Waals surface area contributed by atoms with Crippen molar-refractivity contribution in [1.29, 1.82) is 0 Å². The van der Waals surface area contributed by atoms with Gasteiger partial charge >= 0.3 is 6.61 Å². The molecule has 0 heterocycles. The number of hydrogen-bond donors (Lipinski definition) is 0. The molecule has 1 aromatic carbocycles. The number of carbonyl (C=O) groups excluding carboxylic acids is 1. The van der Waals surface area contributed by atoms with Crippen molar-refractivity contribution in [2.75, 3.05) is 5.88 Å². The Hall–Kier alpha value is -0.680. The standard InChI is InChI=1S/C10H8BrClF2O2/c11-7-1-6(2-8(15)5-12)3-9(4-7)16-10(13)14/h1,3-4,10H,2,5H2. The van der Waals surface area contributed by atoms with E-state index < -0.39 is 6.61 Å². The minimum atomic E-state index is -2.88. The highest BCUT2D eigenvalue weighted by Crippen LogP contribution is 2.23. The van der Waals surface area contributed by atoms with E-state index in [9.17, 15) is 13.6 Å². The Kier molecular flexibility index (Phi) is 5.15. The average molecular weight is 314 g/mol. The molecule has 0 saturated carbocycles. The number of rotatable bonds is 5. The quantitative estimate of drug-likeness (QED) is 0.779. The van der Waals surface area contributed by atoms with Crippen molar-refractivity contribution in [3.05, 3.63) is 28.2 Å². The van der Waals surface area contributed by atoms with Gasteiger partial charge in [-0.15, -0.1) is 11.6 Å². The Morgan fingerprint density at radius 3 is 2.69 bits per heavy atom. The largest absolute Gasteiger partial charge is 0.435 e. The lowest BCUT2D eigenvalue weighted by Gasteiger charge is -2.07. The van der Waals surface area contributed by atoms with Crippen LogP contribution in [0, 0.1) is 0 Å². The number of hydrogen-bond acceptors (Lipinski definition) is 2. The molecular weight excluding hydrogens is 305 g/mol. The van der Waals surface area contributed by atoms with Gasteiger partial charge in [-0.3, -0.25) is 4.79 Å². The molecule has 6 heteroatoms. The normalized spacial score (nSPS) is 10.6. The maximum atomic E-state index is 12.0. The van der Waals surface area contributed by atoms with Crippen LogP contribution in [0.2, 0.25) is 0 Å². The minimum absolute atomic E-state index is 0.0155. The van der Waals surface area contributed by atoms with Crippen LogP contribution in [0.3, 0.4) is 0 Å². The van der Waals surface area contributed by atoms with Crippen LogP contribution >= 0.6 is 27.5 Å². The van der Waals surface area contributed by atoms with Gasteiger partial charge in [0, 0.05) is 10.9 Å². The molecule has 0 spiro atoms. The van der Waals surface area contributed by atoms with Crippen molar-refractivity contribution in [3.63, 3.8) is 0 Å². The van der Waals surface area contributed by atoms with E-state index in [1.54, 1.807) is 6.07 Å². The van der Waals surface area contributed by atoms with Gasteiger partial charge in [0.25, 0.3) is 0 Å². The van der Waals surface area contributed by atoms with E-state index in [1.807, 2.05) is 0 Å². The summed E-state index contributed by atoms with van der Waals surface area (Å²) in [4.78, 5) is 11.1. The summed E-state index contributed by atoms with van der Waals surface area (Å²) >= 11 is 8.50. The zero-order valence-electron chi connectivity index (χ0n) is 8.05. The summed E-state index contributed by atoms with van der Waals surface area (Å²) in [6, 6.07) is 4.45. The third kappa shape index (κ3) is 4.45. The molecule has 16 heavy (non-hydrogen) atoms. The number of benzene rings is 1. The van der Waals surface area contributed by atoms with Crippen molar-refractivity contribution in [2.24, 2.45) is 0 Å². The van der Waals surface area contributed by atoms with E-state index >= 15 is 0 Å². The van der Waals surface area contributed by atoms with Crippen molar-refractivity contribution in [2.45, 2.75) is 13.0 Å². The van der Waals surface area contributed by atoms with E-state index in [-0.39, 0.29) is 23.8 Å². The lowest BCUT2D eigenvalue weighted by atomic mass is 10.1. The van der Waals surface area contributed by atoms with Gasteiger partial charge in [-0.1, -0.05) is 15.9 Å². The highest BCUT2D eigenvalue weighted by atomic mass is 79.9. The van der Waals surface area contributed by atoms with Gasteiger partial charge in [0.05, 0.1) is 5.88 Å². The maximum absolute atomic E-state index is 12.0. The molecule has 1 rings (SSSR count). The molecule has 0 aliphatic rings. The lowest BCUT2D eigenvalue weighted by molar-refractivity contribution is -0.116. The number of alkyl halides is 3. The molecule has 0 N–H and O–H groups in total. The molecule has 0 unspecified atom stereocenters. The monoisotopic (exact) mass is 312 g/mol. The number of carbonyl (C=O) groups is 1. The van der Waals surface area contributed by atoms with Crippen LogP contribution in [0.25, 0.3) is 0 Å². The first-order chi connectivity index (χ1) is 7.51. The third-order valence-electron chi connectivity index (χ3n) is 1.71. The van der Waals surface area contributed by atoms with Gasteiger partial charge in [-0.05, 0) is 23.8 Å².